The van der Waals surface area contributed by atoms with E-state index in [1.807, 2.05) is 32.9 Å². The first-order valence-corrected chi connectivity index (χ1v) is 13.3. The molecule has 0 unspecified atom stereocenters. The van der Waals surface area contributed by atoms with Crippen molar-refractivity contribution in [2.24, 2.45) is 23.7 Å². The van der Waals surface area contributed by atoms with Gasteiger partial charge >= 0.3 is 11.9 Å². The molecule has 0 spiro atoms. The maximum atomic E-state index is 13.6. The third-order valence-electron chi connectivity index (χ3n) is 6.74. The number of benzene rings is 1. The van der Waals surface area contributed by atoms with E-state index in [9.17, 15) is 18.0 Å². The molecule has 0 N–H and O–H groups in total. The fourth-order valence-corrected chi connectivity index (χ4v) is 6.48. The molecule has 1 aromatic carbocycles. The Morgan fingerprint density at radius 3 is 2.18 bits per heavy atom. The number of piperidine rings is 1. The van der Waals surface area contributed by atoms with Gasteiger partial charge in [-0.25, -0.2) is 8.42 Å². The average Bonchev–Trinajstić information content (AvgIpc) is 2.79. The van der Waals surface area contributed by atoms with E-state index in [-0.39, 0.29) is 36.5 Å². The summed E-state index contributed by atoms with van der Waals surface area (Å²) in [7, 11) is -3.76. The molecule has 0 aromatic heterocycles. The Balaban J connectivity index is 2.04. The fourth-order valence-electron chi connectivity index (χ4n) is 5.03. The summed E-state index contributed by atoms with van der Waals surface area (Å²) in [6.45, 7) is 10.1. The van der Waals surface area contributed by atoms with Crippen molar-refractivity contribution >= 4 is 22.0 Å². The van der Waals surface area contributed by atoms with Gasteiger partial charge in [0, 0.05) is 19.0 Å². The third kappa shape index (κ3) is 5.28. The molecule has 1 fully saturated rings. The number of hydrogen-bond acceptors (Lipinski definition) is 6. The fraction of sp³-hybridized carbons (Fsp3) is 0.538. The highest BCUT2D eigenvalue weighted by Gasteiger charge is 2.48. The van der Waals surface area contributed by atoms with E-state index in [4.69, 9.17) is 9.47 Å². The average molecular weight is 490 g/mol. The number of rotatable bonds is 7. The van der Waals surface area contributed by atoms with Crippen LogP contribution in [0.25, 0.3) is 0 Å². The first-order valence-electron chi connectivity index (χ1n) is 11.8. The zero-order chi connectivity index (χ0) is 25.0. The Labute approximate surface area is 202 Å². The van der Waals surface area contributed by atoms with Crippen LogP contribution in [0.15, 0.2) is 52.5 Å². The number of aryl methyl sites for hydroxylation is 1. The zero-order valence-electron chi connectivity index (χ0n) is 20.6. The van der Waals surface area contributed by atoms with Crippen molar-refractivity contribution in [2.75, 3.05) is 26.3 Å². The number of hydrogen-bond donors (Lipinski definition) is 0. The lowest BCUT2D eigenvalue weighted by molar-refractivity contribution is -0.165. The molecule has 1 heterocycles. The van der Waals surface area contributed by atoms with Crippen molar-refractivity contribution < 1.29 is 27.5 Å². The second kappa shape index (κ2) is 10.9. The lowest BCUT2D eigenvalue weighted by Gasteiger charge is -2.46. The van der Waals surface area contributed by atoms with Crippen LogP contribution in [0.4, 0.5) is 0 Å². The quantitative estimate of drug-likeness (QED) is 0.328. The van der Waals surface area contributed by atoms with E-state index < -0.39 is 33.8 Å². The predicted molar refractivity (Wildman–Crippen MR) is 129 cm³/mol. The molecule has 0 bridgehead atoms. The second-order valence-electron chi connectivity index (χ2n) is 9.13. The van der Waals surface area contributed by atoms with Gasteiger partial charge in [0.2, 0.25) is 10.0 Å². The van der Waals surface area contributed by atoms with Crippen LogP contribution in [0.2, 0.25) is 0 Å². The summed E-state index contributed by atoms with van der Waals surface area (Å²) in [5.41, 5.74) is 3.07. The SMILES string of the molecule is CCOC(=O)C(C(=O)OCC)[C@@H]1C=CC[C@H]2C(=C(C)C)CN(S(=O)(=O)c3ccc(C)cc3)C[C@H]21. The molecule has 2 aliphatic rings. The van der Waals surface area contributed by atoms with E-state index in [0.29, 0.717) is 6.54 Å². The molecule has 3 atom stereocenters. The topological polar surface area (TPSA) is 90.0 Å². The van der Waals surface area contributed by atoms with Crippen molar-refractivity contribution in [1.29, 1.82) is 0 Å². The minimum Gasteiger partial charge on any atom is -0.465 e. The van der Waals surface area contributed by atoms with E-state index in [1.165, 1.54) is 4.31 Å². The van der Waals surface area contributed by atoms with Crippen molar-refractivity contribution in [3.05, 3.63) is 53.1 Å². The Bertz CT molecular complexity index is 1050. The minimum atomic E-state index is -3.76. The first kappa shape index (κ1) is 26.2. The molecule has 3 rings (SSSR count). The van der Waals surface area contributed by atoms with Crippen LogP contribution in [0, 0.1) is 30.6 Å². The highest BCUT2D eigenvalue weighted by molar-refractivity contribution is 7.89. The summed E-state index contributed by atoms with van der Waals surface area (Å²) in [6, 6.07) is 6.81. The van der Waals surface area contributed by atoms with Crippen LogP contribution in [0.1, 0.15) is 39.7 Å². The summed E-state index contributed by atoms with van der Waals surface area (Å²) in [6.07, 6.45) is 4.59. The van der Waals surface area contributed by atoms with Gasteiger partial charge in [-0.15, -0.1) is 0 Å². The molecule has 1 saturated heterocycles. The number of esters is 2. The van der Waals surface area contributed by atoms with Crippen LogP contribution in [0.5, 0.6) is 0 Å². The van der Waals surface area contributed by atoms with Gasteiger partial charge in [-0.05, 0) is 65.0 Å². The van der Waals surface area contributed by atoms with Crippen LogP contribution < -0.4 is 0 Å². The smallest absolute Gasteiger partial charge is 0.320 e. The number of fused-ring (bicyclic) bond motifs is 1. The monoisotopic (exact) mass is 489 g/mol. The van der Waals surface area contributed by atoms with Gasteiger partial charge in [0.1, 0.15) is 0 Å². The third-order valence-corrected chi connectivity index (χ3v) is 8.56. The molecule has 1 aromatic rings. The highest BCUT2D eigenvalue weighted by atomic mass is 32.2. The number of allylic oxidation sites excluding steroid dienone is 3. The summed E-state index contributed by atoms with van der Waals surface area (Å²) < 4.78 is 39.1. The lowest BCUT2D eigenvalue weighted by Crippen LogP contribution is -2.51. The molecular weight excluding hydrogens is 454 g/mol. The molecule has 34 heavy (non-hydrogen) atoms. The van der Waals surface area contributed by atoms with Gasteiger partial charge in [0.15, 0.2) is 5.92 Å². The Kier molecular flexibility index (Phi) is 8.36. The molecule has 0 amide bonds. The Morgan fingerprint density at radius 1 is 1.06 bits per heavy atom. The van der Waals surface area contributed by atoms with Gasteiger partial charge in [-0.2, -0.15) is 4.31 Å². The molecule has 1 aliphatic heterocycles. The van der Waals surface area contributed by atoms with Crippen molar-refractivity contribution in [3.63, 3.8) is 0 Å². The van der Waals surface area contributed by atoms with E-state index in [1.54, 1.807) is 38.1 Å². The Morgan fingerprint density at radius 2 is 1.65 bits per heavy atom. The second-order valence-corrected chi connectivity index (χ2v) is 11.1. The van der Waals surface area contributed by atoms with Crippen LogP contribution >= 0.6 is 0 Å². The maximum absolute atomic E-state index is 13.6. The largest absolute Gasteiger partial charge is 0.465 e. The highest BCUT2D eigenvalue weighted by Crippen LogP contribution is 2.45. The summed E-state index contributed by atoms with van der Waals surface area (Å²) >= 11 is 0. The number of ether oxygens (including phenoxy) is 2. The first-order chi connectivity index (χ1) is 16.1. The molecule has 1 aliphatic carbocycles. The van der Waals surface area contributed by atoms with E-state index in [0.717, 1.165) is 23.1 Å². The lowest BCUT2D eigenvalue weighted by atomic mass is 9.66. The molecule has 8 heteroatoms. The normalized spacial score (nSPS) is 22.9. The maximum Gasteiger partial charge on any atom is 0.320 e. The van der Waals surface area contributed by atoms with Crippen LogP contribution in [0.3, 0.4) is 0 Å². The van der Waals surface area contributed by atoms with Gasteiger partial charge in [-0.1, -0.05) is 41.0 Å². The van der Waals surface area contributed by atoms with Crippen LogP contribution in [-0.2, 0) is 29.1 Å². The van der Waals surface area contributed by atoms with Crippen molar-refractivity contribution in [2.45, 2.75) is 45.9 Å². The molecule has 186 valence electrons. The van der Waals surface area contributed by atoms with Gasteiger partial charge in [0.25, 0.3) is 0 Å². The number of sulfonamides is 1. The molecule has 0 radical (unpaired) electrons. The summed E-state index contributed by atoms with van der Waals surface area (Å²) in [4.78, 5) is 26.0. The molecular formula is C26H35NO6S. The summed E-state index contributed by atoms with van der Waals surface area (Å²) in [5.74, 6) is -3.15. The van der Waals surface area contributed by atoms with Crippen molar-refractivity contribution in [1.82, 2.24) is 4.31 Å². The minimum absolute atomic E-state index is 0.0378. The number of carbonyl (C=O) groups is 2. The van der Waals surface area contributed by atoms with Crippen molar-refractivity contribution in [3.8, 4) is 0 Å². The summed E-state index contributed by atoms with van der Waals surface area (Å²) in [5, 5.41) is 0. The molecule has 0 saturated carbocycles. The number of nitrogens with zero attached hydrogens (tertiary/aromatic N) is 1. The van der Waals surface area contributed by atoms with E-state index >= 15 is 0 Å². The standard InChI is InChI=1S/C26H35NO6S/c1-6-32-25(28)24(26(29)33-7-2)21-10-8-9-20-22(17(3)4)15-27(16-23(20)21)34(30,31)19-13-11-18(5)12-14-19/h8,10-14,20-21,23-24H,6-7,9,15-16H2,1-5H3/t20-,21+,23+/m0/s1. The van der Waals surface area contributed by atoms with Gasteiger partial charge < -0.3 is 9.47 Å². The van der Waals surface area contributed by atoms with E-state index in [2.05, 4.69) is 0 Å². The number of carbonyl (C=O) groups excluding carboxylic acids is 2. The Hall–Kier alpha value is -2.45. The predicted octanol–water partition coefficient (Wildman–Crippen LogP) is 3.89. The van der Waals surface area contributed by atoms with Crippen LogP contribution in [-0.4, -0.2) is 51.0 Å². The van der Waals surface area contributed by atoms with Gasteiger partial charge in [0.05, 0.1) is 18.1 Å². The molecule has 7 nitrogen and oxygen atoms in total. The zero-order valence-corrected chi connectivity index (χ0v) is 21.4. The van der Waals surface area contributed by atoms with Gasteiger partial charge in [-0.3, -0.25) is 9.59 Å².